The fourth-order valence-electron chi connectivity index (χ4n) is 2.09. The number of benzene rings is 1. The van der Waals surface area contributed by atoms with E-state index in [2.05, 4.69) is 22.3 Å². The second-order valence-corrected chi connectivity index (χ2v) is 4.25. The normalized spacial score (nSPS) is 15.9. The van der Waals surface area contributed by atoms with Crippen molar-refractivity contribution >= 4 is 12.4 Å². The van der Waals surface area contributed by atoms with Gasteiger partial charge in [0.05, 0.1) is 14.2 Å². The Labute approximate surface area is 115 Å². The molecule has 0 aliphatic carbocycles. The molecule has 0 radical (unpaired) electrons. The van der Waals surface area contributed by atoms with E-state index in [1.54, 1.807) is 14.2 Å². The van der Waals surface area contributed by atoms with Crippen LogP contribution in [0.15, 0.2) is 18.2 Å². The quantitative estimate of drug-likeness (QED) is 0.901. The highest BCUT2D eigenvalue weighted by Gasteiger charge is 2.11. The largest absolute Gasteiger partial charge is 0.497 e. The van der Waals surface area contributed by atoms with Crippen LogP contribution in [-0.4, -0.2) is 45.3 Å². The zero-order valence-corrected chi connectivity index (χ0v) is 11.8. The lowest BCUT2D eigenvalue weighted by Gasteiger charge is -2.27. The van der Waals surface area contributed by atoms with E-state index in [9.17, 15) is 0 Å². The molecule has 2 rings (SSSR count). The fourth-order valence-corrected chi connectivity index (χ4v) is 2.09. The first-order valence-electron chi connectivity index (χ1n) is 5.97. The third kappa shape index (κ3) is 4.05. The first-order chi connectivity index (χ1) is 8.31. The summed E-state index contributed by atoms with van der Waals surface area (Å²) in [6.45, 7) is 5.29. The summed E-state index contributed by atoms with van der Waals surface area (Å²) < 4.78 is 10.6. The zero-order valence-electron chi connectivity index (χ0n) is 10.9. The summed E-state index contributed by atoms with van der Waals surface area (Å²) in [4.78, 5) is 2.44. The molecule has 1 heterocycles. The van der Waals surface area contributed by atoms with Crippen molar-refractivity contribution in [1.29, 1.82) is 0 Å². The Hall–Kier alpha value is -0.970. The van der Waals surface area contributed by atoms with Gasteiger partial charge in [0.1, 0.15) is 11.5 Å². The average molecular weight is 273 g/mol. The van der Waals surface area contributed by atoms with Crippen LogP contribution < -0.4 is 14.8 Å². The molecule has 0 aromatic heterocycles. The van der Waals surface area contributed by atoms with Gasteiger partial charge in [-0.25, -0.2) is 0 Å². The Morgan fingerprint density at radius 2 is 1.61 bits per heavy atom. The van der Waals surface area contributed by atoms with Crippen molar-refractivity contribution < 1.29 is 9.47 Å². The average Bonchev–Trinajstić information content (AvgIpc) is 2.39. The molecule has 1 aromatic carbocycles. The predicted molar refractivity (Wildman–Crippen MR) is 74.9 cm³/mol. The Kier molecular flexibility index (Phi) is 6.25. The van der Waals surface area contributed by atoms with E-state index in [0.29, 0.717) is 0 Å². The maximum atomic E-state index is 5.28. The smallest absolute Gasteiger partial charge is 0.122 e. The predicted octanol–water partition coefficient (Wildman–Crippen LogP) is 1.53. The molecule has 0 bridgehead atoms. The molecule has 4 nitrogen and oxygen atoms in total. The van der Waals surface area contributed by atoms with Crippen molar-refractivity contribution in [3.63, 3.8) is 0 Å². The van der Waals surface area contributed by atoms with E-state index in [4.69, 9.17) is 9.47 Å². The van der Waals surface area contributed by atoms with Crippen molar-refractivity contribution in [1.82, 2.24) is 10.2 Å². The van der Waals surface area contributed by atoms with Crippen LogP contribution in [0.3, 0.4) is 0 Å². The van der Waals surface area contributed by atoms with Gasteiger partial charge in [-0.1, -0.05) is 0 Å². The molecule has 1 aliphatic rings. The first-order valence-corrected chi connectivity index (χ1v) is 5.97. The summed E-state index contributed by atoms with van der Waals surface area (Å²) >= 11 is 0. The van der Waals surface area contributed by atoms with Crippen LogP contribution in [0.4, 0.5) is 0 Å². The second-order valence-electron chi connectivity index (χ2n) is 4.25. The van der Waals surface area contributed by atoms with Crippen LogP contribution in [0.5, 0.6) is 11.5 Å². The molecular weight excluding hydrogens is 252 g/mol. The summed E-state index contributed by atoms with van der Waals surface area (Å²) in [5, 5.41) is 3.35. The maximum absolute atomic E-state index is 5.28. The Balaban J connectivity index is 0.00000162. The highest BCUT2D eigenvalue weighted by Crippen LogP contribution is 2.23. The van der Waals surface area contributed by atoms with E-state index < -0.39 is 0 Å². The van der Waals surface area contributed by atoms with E-state index in [-0.39, 0.29) is 12.4 Å². The zero-order chi connectivity index (χ0) is 12.1. The lowest BCUT2D eigenvalue weighted by Crippen LogP contribution is -2.42. The van der Waals surface area contributed by atoms with Crippen LogP contribution >= 0.6 is 12.4 Å². The lowest BCUT2D eigenvalue weighted by molar-refractivity contribution is 0.232. The highest BCUT2D eigenvalue weighted by molar-refractivity contribution is 5.85. The monoisotopic (exact) mass is 272 g/mol. The van der Waals surface area contributed by atoms with Gasteiger partial charge >= 0.3 is 0 Å². The molecule has 1 fully saturated rings. The molecule has 0 amide bonds. The molecule has 102 valence electrons. The minimum atomic E-state index is 0. The van der Waals surface area contributed by atoms with Crippen molar-refractivity contribution in [2.24, 2.45) is 0 Å². The molecule has 18 heavy (non-hydrogen) atoms. The van der Waals surface area contributed by atoms with Gasteiger partial charge in [0, 0.05) is 38.8 Å². The minimum absolute atomic E-state index is 0. The number of methoxy groups -OCH3 is 2. The number of piperazine rings is 1. The lowest BCUT2D eigenvalue weighted by atomic mass is 10.1. The number of nitrogens with one attached hydrogen (secondary N) is 1. The standard InChI is InChI=1S/C13H20N2O2.ClH/c1-16-12-7-11(8-13(9-12)17-2)10-15-5-3-14-4-6-15;/h7-9,14H,3-6,10H2,1-2H3;1H. The molecule has 1 aromatic rings. The van der Waals surface area contributed by atoms with E-state index >= 15 is 0 Å². The molecule has 1 N–H and O–H groups in total. The van der Waals surface area contributed by atoms with Gasteiger partial charge in [-0.05, 0) is 17.7 Å². The summed E-state index contributed by atoms with van der Waals surface area (Å²) in [6.07, 6.45) is 0. The fraction of sp³-hybridized carbons (Fsp3) is 0.538. The topological polar surface area (TPSA) is 33.7 Å². The first kappa shape index (κ1) is 15.1. The molecule has 0 atom stereocenters. The van der Waals surface area contributed by atoms with Crippen molar-refractivity contribution in [3.05, 3.63) is 23.8 Å². The van der Waals surface area contributed by atoms with Crippen molar-refractivity contribution in [3.8, 4) is 11.5 Å². The van der Waals surface area contributed by atoms with Crippen LogP contribution in [-0.2, 0) is 6.54 Å². The third-order valence-corrected chi connectivity index (χ3v) is 3.03. The van der Waals surface area contributed by atoms with Gasteiger partial charge < -0.3 is 14.8 Å². The van der Waals surface area contributed by atoms with Crippen LogP contribution in [0.1, 0.15) is 5.56 Å². The highest BCUT2D eigenvalue weighted by atomic mass is 35.5. The summed E-state index contributed by atoms with van der Waals surface area (Å²) in [7, 11) is 3.37. The molecule has 0 unspecified atom stereocenters. The number of hydrogen-bond donors (Lipinski definition) is 1. The molecule has 1 saturated heterocycles. The molecular formula is C13H21ClN2O2. The van der Waals surface area contributed by atoms with Crippen molar-refractivity contribution in [2.45, 2.75) is 6.54 Å². The third-order valence-electron chi connectivity index (χ3n) is 3.03. The van der Waals surface area contributed by atoms with Crippen LogP contribution in [0.25, 0.3) is 0 Å². The SMILES string of the molecule is COc1cc(CN2CCNCC2)cc(OC)c1.Cl. The van der Waals surface area contributed by atoms with Gasteiger partial charge in [-0.3, -0.25) is 4.90 Å². The summed E-state index contributed by atoms with van der Waals surface area (Å²) in [5.41, 5.74) is 1.24. The van der Waals surface area contributed by atoms with Crippen molar-refractivity contribution in [2.75, 3.05) is 40.4 Å². The van der Waals surface area contributed by atoms with Crippen LogP contribution in [0.2, 0.25) is 0 Å². The number of halogens is 1. The van der Waals surface area contributed by atoms with Gasteiger partial charge in [0.2, 0.25) is 0 Å². The van der Waals surface area contributed by atoms with Gasteiger partial charge in [0.15, 0.2) is 0 Å². The van der Waals surface area contributed by atoms with Gasteiger partial charge in [-0.15, -0.1) is 12.4 Å². The molecule has 1 aliphatic heterocycles. The number of rotatable bonds is 4. The minimum Gasteiger partial charge on any atom is -0.497 e. The number of ether oxygens (including phenoxy) is 2. The number of nitrogens with zero attached hydrogens (tertiary/aromatic N) is 1. The summed E-state index contributed by atoms with van der Waals surface area (Å²) in [6, 6.07) is 6.05. The molecule has 0 spiro atoms. The van der Waals surface area contributed by atoms with Crippen LogP contribution in [0, 0.1) is 0 Å². The Bertz CT molecular complexity index is 346. The summed E-state index contributed by atoms with van der Waals surface area (Å²) in [5.74, 6) is 1.71. The van der Waals surface area contributed by atoms with E-state index in [0.717, 1.165) is 44.2 Å². The van der Waals surface area contributed by atoms with Gasteiger partial charge in [0.25, 0.3) is 0 Å². The van der Waals surface area contributed by atoms with Gasteiger partial charge in [-0.2, -0.15) is 0 Å². The second kappa shape index (κ2) is 7.46. The van der Waals surface area contributed by atoms with E-state index in [1.165, 1.54) is 5.56 Å². The van der Waals surface area contributed by atoms with E-state index in [1.807, 2.05) is 6.07 Å². The Morgan fingerprint density at radius 1 is 1.06 bits per heavy atom. The molecule has 5 heteroatoms. The Morgan fingerprint density at radius 3 is 2.11 bits per heavy atom. The number of hydrogen-bond acceptors (Lipinski definition) is 4. The maximum Gasteiger partial charge on any atom is 0.122 e. The molecule has 0 saturated carbocycles.